The monoisotopic (exact) mass is 434 g/mol. The lowest BCUT2D eigenvalue weighted by atomic mass is 9.78. The predicted octanol–water partition coefficient (Wildman–Crippen LogP) is 3.51. The number of halogens is 2. The van der Waals surface area contributed by atoms with Crippen molar-refractivity contribution in [2.45, 2.75) is 11.6 Å². The number of nitrogens with zero attached hydrogens (tertiary/aromatic N) is 3. The average molecular weight is 434 g/mol. The number of benzene rings is 2. The summed E-state index contributed by atoms with van der Waals surface area (Å²) in [5.74, 6) is -0.308. The standard InChI is InChI=1S/C24H20F2N4O2/c1-31-15-32-14-22-24(17-2-6-19(25)7-3-17,18-4-8-20(26)9-5-18)30-23(29-22)21-12-16(13-27)10-11-28-21/h2-12,22H,14-15H2,1H3,(H,29,30)/t22-/m0/s1. The molecule has 2 aromatic carbocycles. The zero-order valence-corrected chi connectivity index (χ0v) is 17.3. The molecule has 1 atom stereocenters. The summed E-state index contributed by atoms with van der Waals surface area (Å²) in [5.41, 5.74) is 1.35. The van der Waals surface area contributed by atoms with Gasteiger partial charge in [0, 0.05) is 13.3 Å². The molecule has 32 heavy (non-hydrogen) atoms. The fourth-order valence-electron chi connectivity index (χ4n) is 3.84. The van der Waals surface area contributed by atoms with Crippen molar-refractivity contribution in [2.24, 2.45) is 4.99 Å². The molecule has 162 valence electrons. The quantitative estimate of drug-likeness (QED) is 0.455. The summed E-state index contributed by atoms with van der Waals surface area (Å²) >= 11 is 0. The number of methoxy groups -OCH3 is 1. The molecule has 1 N–H and O–H groups in total. The molecule has 3 aromatic rings. The van der Waals surface area contributed by atoms with E-state index in [1.54, 1.807) is 36.4 Å². The molecule has 0 spiro atoms. The van der Waals surface area contributed by atoms with E-state index in [-0.39, 0.29) is 25.0 Å². The summed E-state index contributed by atoms with van der Waals surface area (Å²) in [6.45, 7) is 0.226. The number of hydrogen-bond donors (Lipinski definition) is 1. The Morgan fingerprint density at radius 2 is 1.66 bits per heavy atom. The van der Waals surface area contributed by atoms with Crippen LogP contribution in [-0.2, 0) is 15.0 Å². The zero-order chi connectivity index (χ0) is 22.6. The summed E-state index contributed by atoms with van der Waals surface area (Å²) in [4.78, 5) is 9.17. The van der Waals surface area contributed by atoms with Crippen molar-refractivity contribution in [1.29, 1.82) is 5.26 Å². The largest absolute Gasteiger partial charge is 0.359 e. The molecule has 0 radical (unpaired) electrons. The summed E-state index contributed by atoms with van der Waals surface area (Å²) < 4.78 is 38.2. The minimum atomic E-state index is -0.991. The summed E-state index contributed by atoms with van der Waals surface area (Å²) in [5, 5.41) is 12.7. The van der Waals surface area contributed by atoms with Gasteiger partial charge in [0.1, 0.15) is 41.5 Å². The van der Waals surface area contributed by atoms with Gasteiger partial charge in [0.05, 0.1) is 18.2 Å². The highest BCUT2D eigenvalue weighted by atomic mass is 19.1. The second-order valence-corrected chi connectivity index (χ2v) is 7.26. The number of pyridine rings is 1. The molecule has 0 aliphatic carbocycles. The Hall–Kier alpha value is -3.67. The molecule has 0 amide bonds. The van der Waals surface area contributed by atoms with Gasteiger partial charge in [-0.15, -0.1) is 0 Å². The van der Waals surface area contributed by atoms with Gasteiger partial charge in [-0.05, 0) is 47.5 Å². The van der Waals surface area contributed by atoms with Gasteiger partial charge in [-0.1, -0.05) is 24.3 Å². The molecule has 1 aromatic heterocycles. The van der Waals surface area contributed by atoms with Crippen LogP contribution in [0.5, 0.6) is 0 Å². The molecule has 0 saturated heterocycles. The van der Waals surface area contributed by atoms with Crippen LogP contribution < -0.4 is 5.32 Å². The van der Waals surface area contributed by atoms with Crippen LogP contribution in [0.4, 0.5) is 8.78 Å². The Morgan fingerprint density at radius 1 is 1.03 bits per heavy atom. The molecular formula is C24H20F2N4O2. The molecule has 0 saturated carbocycles. The van der Waals surface area contributed by atoms with E-state index in [2.05, 4.69) is 16.4 Å². The lowest BCUT2D eigenvalue weighted by Crippen LogP contribution is -2.50. The van der Waals surface area contributed by atoms with Crippen LogP contribution in [0.2, 0.25) is 0 Å². The van der Waals surface area contributed by atoms with Gasteiger partial charge in [-0.3, -0.25) is 9.98 Å². The Balaban J connectivity index is 1.86. The van der Waals surface area contributed by atoms with Gasteiger partial charge in [0.2, 0.25) is 0 Å². The highest BCUT2D eigenvalue weighted by Crippen LogP contribution is 2.39. The fourth-order valence-corrected chi connectivity index (χ4v) is 3.84. The zero-order valence-electron chi connectivity index (χ0n) is 17.3. The summed E-state index contributed by atoms with van der Waals surface area (Å²) in [6, 6.07) is 16.9. The second-order valence-electron chi connectivity index (χ2n) is 7.26. The molecule has 0 fully saturated rings. The SMILES string of the molecule is COCOC[C@@H]1N=C(c2cc(C#N)ccn2)NC1(c1ccc(F)cc1)c1ccc(F)cc1. The molecule has 1 aliphatic rings. The maximum Gasteiger partial charge on any atom is 0.148 e. The van der Waals surface area contributed by atoms with Crippen LogP contribution in [-0.4, -0.2) is 37.4 Å². The number of hydrogen-bond acceptors (Lipinski definition) is 6. The fraction of sp³-hybridized carbons (Fsp3) is 0.208. The van der Waals surface area contributed by atoms with Crippen LogP contribution in [0.1, 0.15) is 22.4 Å². The Labute approximate surface area is 184 Å². The van der Waals surface area contributed by atoms with Crippen LogP contribution in [0.25, 0.3) is 0 Å². The van der Waals surface area contributed by atoms with E-state index in [0.717, 1.165) is 0 Å². The van der Waals surface area contributed by atoms with Crippen molar-refractivity contribution >= 4 is 5.84 Å². The summed E-state index contributed by atoms with van der Waals surface area (Å²) in [6.07, 6.45) is 1.53. The lowest BCUT2D eigenvalue weighted by Gasteiger charge is -2.36. The molecule has 6 nitrogen and oxygen atoms in total. The van der Waals surface area contributed by atoms with E-state index >= 15 is 0 Å². The smallest absolute Gasteiger partial charge is 0.148 e. The first-order chi connectivity index (χ1) is 15.6. The Bertz CT molecular complexity index is 1110. The number of aliphatic imine (C=N–C) groups is 1. The molecule has 1 aliphatic heterocycles. The topological polar surface area (TPSA) is 79.5 Å². The minimum absolute atomic E-state index is 0.0619. The van der Waals surface area contributed by atoms with E-state index in [0.29, 0.717) is 28.2 Å². The van der Waals surface area contributed by atoms with Gasteiger partial charge in [-0.2, -0.15) is 5.26 Å². The number of aromatic nitrogens is 1. The maximum absolute atomic E-state index is 13.7. The van der Waals surface area contributed by atoms with E-state index in [1.165, 1.54) is 37.6 Å². The highest BCUT2D eigenvalue weighted by molar-refractivity contribution is 6.00. The molecule has 0 unspecified atom stereocenters. The number of nitrogens with one attached hydrogen (secondary N) is 1. The van der Waals surface area contributed by atoms with E-state index < -0.39 is 11.6 Å². The number of nitriles is 1. The van der Waals surface area contributed by atoms with Crippen LogP contribution in [0, 0.1) is 23.0 Å². The first-order valence-corrected chi connectivity index (χ1v) is 9.88. The third-order valence-electron chi connectivity index (χ3n) is 5.31. The minimum Gasteiger partial charge on any atom is -0.359 e. The van der Waals surface area contributed by atoms with Gasteiger partial charge >= 0.3 is 0 Å². The molecular weight excluding hydrogens is 414 g/mol. The number of amidine groups is 1. The van der Waals surface area contributed by atoms with Crippen LogP contribution >= 0.6 is 0 Å². The number of ether oxygens (including phenoxy) is 2. The predicted molar refractivity (Wildman–Crippen MR) is 114 cm³/mol. The average Bonchev–Trinajstić information content (AvgIpc) is 3.21. The third-order valence-corrected chi connectivity index (χ3v) is 5.31. The summed E-state index contributed by atoms with van der Waals surface area (Å²) in [7, 11) is 1.52. The molecule has 4 rings (SSSR count). The van der Waals surface area contributed by atoms with Gasteiger partial charge in [0.25, 0.3) is 0 Å². The third kappa shape index (κ3) is 4.08. The van der Waals surface area contributed by atoms with Crippen molar-refractivity contribution in [1.82, 2.24) is 10.3 Å². The Kier molecular flexibility index (Phi) is 6.21. The molecule has 8 heteroatoms. The first kappa shape index (κ1) is 21.6. The van der Waals surface area contributed by atoms with Crippen molar-refractivity contribution in [3.05, 3.63) is 101 Å². The van der Waals surface area contributed by atoms with E-state index in [4.69, 9.17) is 14.5 Å². The van der Waals surface area contributed by atoms with Gasteiger partial charge in [-0.25, -0.2) is 8.78 Å². The lowest BCUT2D eigenvalue weighted by molar-refractivity contribution is -0.0390. The van der Waals surface area contributed by atoms with Crippen LogP contribution in [0.3, 0.4) is 0 Å². The van der Waals surface area contributed by atoms with Crippen LogP contribution in [0.15, 0.2) is 71.9 Å². The first-order valence-electron chi connectivity index (χ1n) is 9.88. The second kappa shape index (κ2) is 9.22. The van der Waals surface area contributed by atoms with E-state index in [1.807, 2.05) is 0 Å². The molecule has 0 bridgehead atoms. The normalized spacial score (nSPS) is 16.8. The van der Waals surface area contributed by atoms with Crippen molar-refractivity contribution in [3.8, 4) is 6.07 Å². The van der Waals surface area contributed by atoms with Gasteiger partial charge < -0.3 is 14.8 Å². The highest BCUT2D eigenvalue weighted by Gasteiger charge is 2.48. The number of rotatable bonds is 7. The van der Waals surface area contributed by atoms with Crippen molar-refractivity contribution in [2.75, 3.05) is 20.5 Å². The maximum atomic E-state index is 13.7. The molecule has 2 heterocycles. The van der Waals surface area contributed by atoms with Crippen molar-refractivity contribution in [3.63, 3.8) is 0 Å². The van der Waals surface area contributed by atoms with Crippen molar-refractivity contribution < 1.29 is 18.3 Å². The van der Waals surface area contributed by atoms with E-state index in [9.17, 15) is 14.0 Å². The van der Waals surface area contributed by atoms with Gasteiger partial charge in [0.15, 0.2) is 0 Å². The Morgan fingerprint density at radius 3 is 2.22 bits per heavy atom.